The number of aliphatic carboxylic acids is 1. The lowest BCUT2D eigenvalue weighted by molar-refractivity contribution is -0.899. The molecule has 10 nitrogen and oxygen atoms in total. The Kier molecular flexibility index (Phi) is 8.73. The van der Waals surface area contributed by atoms with E-state index in [1.807, 2.05) is 21.1 Å². The van der Waals surface area contributed by atoms with Gasteiger partial charge in [0.15, 0.2) is 0 Å². The highest BCUT2D eigenvalue weighted by Gasteiger charge is 2.39. The molecule has 0 bridgehead atoms. The van der Waals surface area contributed by atoms with Gasteiger partial charge < -0.3 is 28.9 Å². The number of amides is 2. The zero-order valence-corrected chi connectivity index (χ0v) is 20.6. The van der Waals surface area contributed by atoms with E-state index in [1.54, 1.807) is 46.4 Å². The van der Waals surface area contributed by atoms with Gasteiger partial charge in [-0.3, -0.25) is 0 Å². The Morgan fingerprint density at radius 1 is 0.742 bits per heavy atom. The van der Waals surface area contributed by atoms with E-state index < -0.39 is 35.5 Å². The summed E-state index contributed by atoms with van der Waals surface area (Å²) in [6, 6.07) is 0. The van der Waals surface area contributed by atoms with Crippen LogP contribution in [0.5, 0.6) is 0 Å². The number of carboxylic acid groups (broad SMARTS) is 1. The molecule has 2 amide bonds. The molecule has 31 heavy (non-hydrogen) atoms. The predicted octanol–water partition coefficient (Wildman–Crippen LogP) is 1.89. The number of nitrogens with zero attached hydrogens (tertiary/aromatic N) is 4. The van der Waals surface area contributed by atoms with Crippen LogP contribution in [-0.4, -0.2) is 120 Å². The van der Waals surface area contributed by atoms with Gasteiger partial charge in [-0.15, -0.1) is 0 Å². The van der Waals surface area contributed by atoms with Crippen LogP contribution in [0.25, 0.3) is 0 Å². The van der Waals surface area contributed by atoms with Crippen LogP contribution >= 0.6 is 0 Å². The van der Waals surface area contributed by atoms with E-state index in [9.17, 15) is 19.5 Å². The third-order valence-corrected chi connectivity index (χ3v) is 4.56. The van der Waals surface area contributed by atoms with E-state index in [0.29, 0.717) is 26.2 Å². The first kappa shape index (κ1) is 27.0. The molecule has 1 fully saturated rings. The molecule has 10 heteroatoms. The third kappa shape index (κ3) is 9.30. The standard InChI is InChI=1S/C21H40N4O6/c1-20(2,3)30-18(28)23-12-10-22(16(17(26)27)25(7,8)9)11-13-24(15-14-23)19(29)31-21(4,5)6/h16H,10-15H2,1-9H3/p+1. The molecule has 0 aromatic rings. The molecule has 0 radical (unpaired) electrons. The average Bonchev–Trinajstić information content (AvgIpc) is 2.60. The highest BCUT2D eigenvalue weighted by Crippen LogP contribution is 2.16. The van der Waals surface area contributed by atoms with Crippen molar-refractivity contribution >= 4 is 18.2 Å². The number of carbonyl (C=O) groups is 3. The van der Waals surface area contributed by atoms with Crippen LogP contribution in [0.15, 0.2) is 0 Å². The minimum absolute atomic E-state index is 0.175. The minimum atomic E-state index is -0.959. The van der Waals surface area contributed by atoms with E-state index in [1.165, 1.54) is 9.80 Å². The number of carbonyl (C=O) groups excluding carboxylic acids is 2. The molecule has 0 spiro atoms. The second-order valence-electron chi connectivity index (χ2n) is 10.8. The summed E-state index contributed by atoms with van der Waals surface area (Å²) >= 11 is 0. The Balaban J connectivity index is 3.18. The fourth-order valence-corrected chi connectivity index (χ4v) is 3.32. The van der Waals surface area contributed by atoms with E-state index in [2.05, 4.69) is 0 Å². The summed E-state index contributed by atoms with van der Waals surface area (Å²) in [5.41, 5.74) is -1.32. The smallest absolute Gasteiger partial charge is 0.410 e. The van der Waals surface area contributed by atoms with Crippen molar-refractivity contribution < 1.29 is 33.4 Å². The van der Waals surface area contributed by atoms with Gasteiger partial charge in [0.2, 0.25) is 6.17 Å². The minimum Gasteiger partial charge on any atom is -0.476 e. The number of carboxylic acids is 1. The molecule has 1 N–H and O–H groups in total. The molecule has 1 saturated heterocycles. The Bertz CT molecular complexity index is 608. The lowest BCUT2D eigenvalue weighted by Crippen LogP contribution is -2.61. The summed E-state index contributed by atoms with van der Waals surface area (Å²) in [6.45, 7) is 12.5. The van der Waals surface area contributed by atoms with Gasteiger partial charge in [0.25, 0.3) is 0 Å². The van der Waals surface area contributed by atoms with Crippen molar-refractivity contribution in [3.63, 3.8) is 0 Å². The number of rotatable bonds is 3. The van der Waals surface area contributed by atoms with E-state index >= 15 is 0 Å². The lowest BCUT2D eigenvalue weighted by Gasteiger charge is -2.39. The largest absolute Gasteiger partial charge is 0.476 e. The van der Waals surface area contributed by atoms with Crippen LogP contribution in [-0.2, 0) is 14.3 Å². The molecule has 0 aliphatic carbocycles. The van der Waals surface area contributed by atoms with Crippen LogP contribution in [0, 0.1) is 0 Å². The normalized spacial score (nSPS) is 18.5. The van der Waals surface area contributed by atoms with Gasteiger partial charge in [-0.2, -0.15) is 0 Å². The van der Waals surface area contributed by atoms with Crippen molar-refractivity contribution in [1.29, 1.82) is 0 Å². The Morgan fingerprint density at radius 2 is 1.06 bits per heavy atom. The lowest BCUT2D eigenvalue weighted by atomic mass is 10.2. The molecule has 1 unspecified atom stereocenters. The first-order valence-corrected chi connectivity index (χ1v) is 10.6. The van der Waals surface area contributed by atoms with Gasteiger partial charge in [0, 0.05) is 39.3 Å². The van der Waals surface area contributed by atoms with Gasteiger partial charge in [0.05, 0.1) is 21.1 Å². The molecule has 0 aromatic heterocycles. The van der Waals surface area contributed by atoms with Crippen molar-refractivity contribution in [3.05, 3.63) is 0 Å². The molecular formula is C21H41N4O6+. The number of ether oxygens (including phenoxy) is 2. The first-order chi connectivity index (χ1) is 13.9. The molecular weight excluding hydrogens is 404 g/mol. The number of likely N-dealkylation sites (N-methyl/N-ethyl adjacent to an activating group) is 1. The van der Waals surface area contributed by atoms with Gasteiger partial charge >= 0.3 is 18.2 Å². The molecule has 1 aliphatic heterocycles. The van der Waals surface area contributed by atoms with E-state index in [-0.39, 0.29) is 17.6 Å². The molecule has 0 saturated carbocycles. The maximum absolute atomic E-state index is 12.7. The predicted molar refractivity (Wildman–Crippen MR) is 117 cm³/mol. The third-order valence-electron chi connectivity index (χ3n) is 4.56. The van der Waals surface area contributed by atoms with E-state index in [0.717, 1.165) is 0 Å². The highest BCUT2D eigenvalue weighted by atomic mass is 16.6. The second kappa shape index (κ2) is 10.0. The molecule has 0 aromatic carbocycles. The Morgan fingerprint density at radius 3 is 1.32 bits per heavy atom. The summed E-state index contributed by atoms with van der Waals surface area (Å²) in [4.78, 5) is 42.4. The van der Waals surface area contributed by atoms with Crippen LogP contribution in [0.2, 0.25) is 0 Å². The summed E-state index contributed by atoms with van der Waals surface area (Å²) in [5, 5.41) is 9.88. The number of hydrogen-bond donors (Lipinski definition) is 1. The SMILES string of the molecule is CC(C)(C)OC(=O)N1CCN(C(=O)OC(C)(C)C)CCN(C(C(=O)O)[N+](C)(C)C)CC1. The van der Waals surface area contributed by atoms with Gasteiger partial charge in [-0.25, -0.2) is 19.3 Å². The maximum Gasteiger partial charge on any atom is 0.410 e. The monoisotopic (exact) mass is 445 g/mol. The van der Waals surface area contributed by atoms with Gasteiger partial charge in [0.1, 0.15) is 11.2 Å². The number of quaternary nitrogens is 1. The zero-order chi connectivity index (χ0) is 24.2. The summed E-state index contributed by atoms with van der Waals surface area (Å²) in [7, 11) is 5.42. The highest BCUT2D eigenvalue weighted by molar-refractivity contribution is 5.72. The fourth-order valence-electron chi connectivity index (χ4n) is 3.32. The molecule has 1 heterocycles. The second-order valence-corrected chi connectivity index (χ2v) is 10.8. The average molecular weight is 446 g/mol. The van der Waals surface area contributed by atoms with Crippen molar-refractivity contribution in [2.24, 2.45) is 0 Å². The van der Waals surface area contributed by atoms with Crippen molar-refractivity contribution in [2.45, 2.75) is 58.9 Å². The molecule has 1 atom stereocenters. The summed E-state index contributed by atoms with van der Waals surface area (Å²) < 4.78 is 11.2. The summed E-state index contributed by atoms with van der Waals surface area (Å²) in [5.74, 6) is -0.959. The maximum atomic E-state index is 12.7. The quantitative estimate of drug-likeness (QED) is 0.662. The van der Waals surface area contributed by atoms with Crippen LogP contribution in [0.1, 0.15) is 41.5 Å². The van der Waals surface area contributed by atoms with Crippen LogP contribution in [0.3, 0.4) is 0 Å². The topological polar surface area (TPSA) is 99.6 Å². The fraction of sp³-hybridized carbons (Fsp3) is 0.857. The van der Waals surface area contributed by atoms with Crippen molar-refractivity contribution in [1.82, 2.24) is 14.7 Å². The van der Waals surface area contributed by atoms with Gasteiger partial charge in [-0.05, 0) is 41.5 Å². The summed E-state index contributed by atoms with van der Waals surface area (Å²) in [6.07, 6.45) is -1.81. The Labute approximate surface area is 186 Å². The van der Waals surface area contributed by atoms with Crippen LogP contribution in [0.4, 0.5) is 9.59 Å². The zero-order valence-electron chi connectivity index (χ0n) is 20.6. The molecule has 1 aliphatic rings. The first-order valence-electron chi connectivity index (χ1n) is 10.6. The molecule has 180 valence electrons. The number of hydrogen-bond acceptors (Lipinski definition) is 6. The Hall–Kier alpha value is -2.07. The van der Waals surface area contributed by atoms with Crippen molar-refractivity contribution in [3.8, 4) is 0 Å². The molecule has 1 rings (SSSR count). The van der Waals surface area contributed by atoms with Crippen LogP contribution < -0.4 is 0 Å². The van der Waals surface area contributed by atoms with E-state index in [4.69, 9.17) is 9.47 Å². The van der Waals surface area contributed by atoms with Crippen molar-refractivity contribution in [2.75, 3.05) is 60.4 Å². The van der Waals surface area contributed by atoms with Gasteiger partial charge in [-0.1, -0.05) is 0 Å².